The van der Waals surface area contributed by atoms with E-state index in [0.29, 0.717) is 11.5 Å². The number of nitrogens with one attached hydrogen (secondary N) is 1. The van der Waals surface area contributed by atoms with Crippen LogP contribution in [0.1, 0.15) is 35.5 Å². The number of hydrogen-bond acceptors (Lipinski definition) is 5. The Kier molecular flexibility index (Phi) is 4.67. The van der Waals surface area contributed by atoms with Crippen molar-refractivity contribution < 1.29 is 4.79 Å². The number of anilines is 1. The normalized spacial score (nSPS) is 11.2. The molecule has 0 saturated heterocycles. The maximum Gasteiger partial charge on any atom is 0.248 e. The molecule has 2 aromatic heterocycles. The van der Waals surface area contributed by atoms with E-state index < -0.39 is 11.4 Å². The predicted molar refractivity (Wildman–Crippen MR) is 102 cm³/mol. The molecule has 0 atom stereocenters. The number of rotatable bonds is 5. The summed E-state index contributed by atoms with van der Waals surface area (Å²) in [6.45, 7) is 6.10. The van der Waals surface area contributed by atoms with E-state index in [9.17, 15) is 4.79 Å². The molecule has 6 heteroatoms. The Labute approximate surface area is 152 Å². The first-order valence-corrected chi connectivity index (χ1v) is 8.29. The van der Waals surface area contributed by atoms with Crippen molar-refractivity contribution in [3.05, 3.63) is 71.8 Å². The molecule has 0 radical (unpaired) electrons. The molecule has 1 aromatic carbocycles. The van der Waals surface area contributed by atoms with E-state index >= 15 is 0 Å². The highest BCUT2D eigenvalue weighted by Crippen LogP contribution is 2.25. The highest BCUT2D eigenvalue weighted by Gasteiger charge is 2.24. The summed E-state index contributed by atoms with van der Waals surface area (Å²) in [7, 11) is 0. The number of carbonyl (C=O) groups is 1. The fourth-order valence-electron chi connectivity index (χ4n) is 2.87. The molecule has 3 N–H and O–H groups in total. The summed E-state index contributed by atoms with van der Waals surface area (Å²) < 4.78 is 0. The van der Waals surface area contributed by atoms with Crippen LogP contribution in [-0.4, -0.2) is 20.9 Å². The van der Waals surface area contributed by atoms with Gasteiger partial charge >= 0.3 is 0 Å². The average molecular weight is 347 g/mol. The van der Waals surface area contributed by atoms with Crippen molar-refractivity contribution in [2.24, 2.45) is 5.73 Å². The minimum atomic E-state index is -0.460. The van der Waals surface area contributed by atoms with Gasteiger partial charge in [0.1, 0.15) is 0 Å². The molecule has 26 heavy (non-hydrogen) atoms. The van der Waals surface area contributed by atoms with Gasteiger partial charge in [-0.1, -0.05) is 18.2 Å². The van der Waals surface area contributed by atoms with Gasteiger partial charge in [-0.3, -0.25) is 9.78 Å². The molecule has 0 bridgehead atoms. The lowest BCUT2D eigenvalue weighted by atomic mass is 9.96. The first kappa shape index (κ1) is 17.5. The predicted octanol–water partition coefficient (Wildman–Crippen LogP) is 3.29. The van der Waals surface area contributed by atoms with E-state index in [-0.39, 0.29) is 0 Å². The molecule has 0 fully saturated rings. The van der Waals surface area contributed by atoms with Gasteiger partial charge in [-0.25, -0.2) is 9.97 Å². The Morgan fingerprint density at radius 1 is 1.04 bits per heavy atom. The summed E-state index contributed by atoms with van der Waals surface area (Å²) in [5.41, 5.74) is 9.07. The van der Waals surface area contributed by atoms with Crippen LogP contribution in [0.25, 0.3) is 11.1 Å². The van der Waals surface area contributed by atoms with Crippen LogP contribution in [0, 0.1) is 6.92 Å². The van der Waals surface area contributed by atoms with Gasteiger partial charge in [0.2, 0.25) is 11.9 Å². The topological polar surface area (TPSA) is 93.8 Å². The molecule has 3 rings (SSSR count). The highest BCUT2D eigenvalue weighted by atomic mass is 16.1. The molecule has 0 unspecified atom stereocenters. The van der Waals surface area contributed by atoms with E-state index in [1.807, 2.05) is 39.0 Å². The number of nitrogens with two attached hydrogens (primary N) is 1. The van der Waals surface area contributed by atoms with Crippen LogP contribution < -0.4 is 11.1 Å². The van der Waals surface area contributed by atoms with E-state index in [1.54, 1.807) is 36.8 Å². The quantitative estimate of drug-likeness (QED) is 0.738. The van der Waals surface area contributed by atoms with Crippen LogP contribution >= 0.6 is 0 Å². The van der Waals surface area contributed by atoms with Crippen molar-refractivity contribution in [1.29, 1.82) is 0 Å². The summed E-state index contributed by atoms with van der Waals surface area (Å²) in [6, 6.07) is 11.0. The van der Waals surface area contributed by atoms with Gasteiger partial charge < -0.3 is 11.1 Å². The van der Waals surface area contributed by atoms with Crippen LogP contribution in [0.4, 0.5) is 5.95 Å². The number of amides is 1. The smallest absolute Gasteiger partial charge is 0.248 e. The summed E-state index contributed by atoms with van der Waals surface area (Å²) >= 11 is 0. The summed E-state index contributed by atoms with van der Waals surface area (Å²) in [6.07, 6.45) is 5.22. The lowest BCUT2D eigenvalue weighted by Crippen LogP contribution is -2.31. The molecule has 0 spiro atoms. The van der Waals surface area contributed by atoms with Gasteiger partial charge in [0, 0.05) is 29.7 Å². The van der Waals surface area contributed by atoms with Crippen molar-refractivity contribution in [2.75, 3.05) is 5.32 Å². The van der Waals surface area contributed by atoms with E-state index in [4.69, 9.17) is 5.73 Å². The average Bonchev–Trinajstić information content (AvgIpc) is 2.62. The van der Waals surface area contributed by atoms with Crippen LogP contribution in [-0.2, 0) is 5.54 Å². The number of pyridine rings is 1. The second-order valence-electron chi connectivity index (χ2n) is 6.66. The van der Waals surface area contributed by atoms with Gasteiger partial charge in [0.05, 0.1) is 11.2 Å². The minimum Gasteiger partial charge on any atom is -0.366 e. The number of aryl methyl sites for hydroxylation is 1. The van der Waals surface area contributed by atoms with Crippen LogP contribution in [0.15, 0.2) is 55.0 Å². The first-order chi connectivity index (χ1) is 12.4. The van der Waals surface area contributed by atoms with Crippen molar-refractivity contribution in [2.45, 2.75) is 26.3 Å². The zero-order valence-electron chi connectivity index (χ0n) is 15.0. The fraction of sp³-hybridized carbons (Fsp3) is 0.200. The third kappa shape index (κ3) is 3.69. The number of aromatic nitrogens is 3. The number of primary amides is 1. The van der Waals surface area contributed by atoms with Gasteiger partial charge in [-0.15, -0.1) is 0 Å². The van der Waals surface area contributed by atoms with Gasteiger partial charge in [-0.05, 0) is 50.1 Å². The van der Waals surface area contributed by atoms with Gasteiger partial charge in [-0.2, -0.15) is 0 Å². The molecule has 6 nitrogen and oxygen atoms in total. The Hall–Kier alpha value is -3.28. The molecular weight excluding hydrogens is 326 g/mol. The second-order valence-corrected chi connectivity index (χ2v) is 6.66. The largest absolute Gasteiger partial charge is 0.366 e. The lowest BCUT2D eigenvalue weighted by molar-refractivity contribution is 0.100. The summed E-state index contributed by atoms with van der Waals surface area (Å²) in [5.74, 6) is 0.0494. The van der Waals surface area contributed by atoms with Crippen molar-refractivity contribution in [1.82, 2.24) is 15.0 Å². The van der Waals surface area contributed by atoms with Crippen LogP contribution in [0.5, 0.6) is 0 Å². The molecular formula is C20H21N5O. The van der Waals surface area contributed by atoms with E-state index in [1.165, 1.54) is 0 Å². The maximum atomic E-state index is 11.3. The molecule has 2 heterocycles. The fourth-order valence-corrected chi connectivity index (χ4v) is 2.87. The first-order valence-electron chi connectivity index (χ1n) is 8.29. The number of carbonyl (C=O) groups excluding carboxylic acids is 1. The lowest BCUT2D eigenvalue weighted by Gasteiger charge is -2.27. The molecule has 0 aliphatic carbocycles. The van der Waals surface area contributed by atoms with E-state index in [2.05, 4.69) is 20.3 Å². The Morgan fingerprint density at radius 2 is 1.77 bits per heavy atom. The number of hydrogen-bond donors (Lipinski definition) is 2. The zero-order valence-corrected chi connectivity index (χ0v) is 15.0. The van der Waals surface area contributed by atoms with Crippen molar-refractivity contribution >= 4 is 11.9 Å². The number of nitrogens with zero attached hydrogens (tertiary/aromatic N) is 3. The molecule has 0 aliphatic heterocycles. The Morgan fingerprint density at radius 3 is 2.42 bits per heavy atom. The molecule has 132 valence electrons. The standard InChI is InChI=1S/C20H21N5O/c1-13-6-5-9-22-17(13)20(2,3)25-19-23-11-16(12-24-19)14-7-4-8-15(10-14)18(21)26/h4-12H,1-3H3,(H2,21,26)(H,23,24,25). The van der Waals surface area contributed by atoms with Crippen LogP contribution in [0.2, 0.25) is 0 Å². The molecule has 1 amide bonds. The maximum absolute atomic E-state index is 11.3. The molecule has 3 aromatic rings. The van der Waals surface area contributed by atoms with Crippen molar-refractivity contribution in [3.8, 4) is 11.1 Å². The highest BCUT2D eigenvalue weighted by molar-refractivity contribution is 5.94. The van der Waals surface area contributed by atoms with Crippen molar-refractivity contribution in [3.63, 3.8) is 0 Å². The summed E-state index contributed by atoms with van der Waals surface area (Å²) in [5, 5.41) is 3.32. The third-order valence-corrected chi connectivity index (χ3v) is 4.16. The summed E-state index contributed by atoms with van der Waals surface area (Å²) in [4.78, 5) is 24.6. The van der Waals surface area contributed by atoms with Gasteiger partial charge in [0.15, 0.2) is 0 Å². The zero-order chi connectivity index (χ0) is 18.7. The Balaban J connectivity index is 1.83. The van der Waals surface area contributed by atoms with E-state index in [0.717, 1.165) is 22.4 Å². The van der Waals surface area contributed by atoms with Gasteiger partial charge in [0.25, 0.3) is 0 Å². The molecule has 0 aliphatic rings. The Bertz CT molecular complexity index is 935. The van der Waals surface area contributed by atoms with Crippen LogP contribution in [0.3, 0.4) is 0 Å². The minimum absolute atomic E-state index is 0.418. The third-order valence-electron chi connectivity index (χ3n) is 4.16. The molecule has 0 saturated carbocycles. The number of benzene rings is 1. The second kappa shape index (κ2) is 6.92. The monoisotopic (exact) mass is 347 g/mol. The SMILES string of the molecule is Cc1cccnc1C(C)(C)Nc1ncc(-c2cccc(C(N)=O)c2)cn1.